The average molecular weight is 270 g/mol. The fourth-order valence-corrected chi connectivity index (χ4v) is 2.56. The molecule has 0 aromatic heterocycles. The standard InChI is InChI=1S/C15H30N2O2/c1-4-13(6-7-18)10-15(17-11-19)9-12(3)8-14(16)5-2/h7,11-15H,4-6,8-10,16H2,1-3H3,(H,17,19). The molecular weight excluding hydrogens is 240 g/mol. The fraction of sp³-hybridized carbons (Fsp3) is 0.867. The van der Waals surface area contributed by atoms with Gasteiger partial charge < -0.3 is 15.8 Å². The summed E-state index contributed by atoms with van der Waals surface area (Å²) in [4.78, 5) is 21.3. The molecule has 19 heavy (non-hydrogen) atoms. The lowest BCUT2D eigenvalue weighted by Crippen LogP contribution is -2.33. The Labute approximate surface area is 117 Å². The predicted octanol–water partition coefficient (Wildman–Crippen LogP) is 2.26. The van der Waals surface area contributed by atoms with Gasteiger partial charge in [0.2, 0.25) is 6.41 Å². The second-order valence-electron chi connectivity index (χ2n) is 5.64. The van der Waals surface area contributed by atoms with Crippen molar-refractivity contribution >= 4 is 12.7 Å². The lowest BCUT2D eigenvalue weighted by molar-refractivity contribution is -0.110. The van der Waals surface area contributed by atoms with Gasteiger partial charge in [0.15, 0.2) is 0 Å². The Morgan fingerprint density at radius 3 is 2.26 bits per heavy atom. The fourth-order valence-electron chi connectivity index (χ4n) is 2.56. The van der Waals surface area contributed by atoms with E-state index in [-0.39, 0.29) is 12.1 Å². The second kappa shape index (κ2) is 11.0. The molecule has 112 valence electrons. The Morgan fingerprint density at radius 1 is 1.11 bits per heavy atom. The summed E-state index contributed by atoms with van der Waals surface area (Å²) in [7, 11) is 0. The molecule has 0 aromatic rings. The van der Waals surface area contributed by atoms with Gasteiger partial charge in [0.25, 0.3) is 0 Å². The van der Waals surface area contributed by atoms with Crippen LogP contribution in [0.3, 0.4) is 0 Å². The van der Waals surface area contributed by atoms with E-state index in [1.807, 2.05) is 0 Å². The van der Waals surface area contributed by atoms with Crippen molar-refractivity contribution in [1.29, 1.82) is 0 Å². The number of carbonyl (C=O) groups is 2. The van der Waals surface area contributed by atoms with Crippen molar-refractivity contribution in [2.24, 2.45) is 17.6 Å². The molecule has 4 nitrogen and oxygen atoms in total. The van der Waals surface area contributed by atoms with Gasteiger partial charge in [-0.1, -0.05) is 27.2 Å². The third-order valence-electron chi connectivity index (χ3n) is 3.84. The van der Waals surface area contributed by atoms with Crippen LogP contribution in [-0.4, -0.2) is 24.8 Å². The smallest absolute Gasteiger partial charge is 0.207 e. The maximum Gasteiger partial charge on any atom is 0.207 e. The van der Waals surface area contributed by atoms with Crippen LogP contribution >= 0.6 is 0 Å². The lowest BCUT2D eigenvalue weighted by atomic mass is 9.87. The van der Waals surface area contributed by atoms with E-state index < -0.39 is 0 Å². The quantitative estimate of drug-likeness (QED) is 0.534. The maximum atomic E-state index is 10.7. The van der Waals surface area contributed by atoms with E-state index in [4.69, 9.17) is 5.73 Å². The van der Waals surface area contributed by atoms with Crippen LogP contribution in [0.1, 0.15) is 59.3 Å². The van der Waals surface area contributed by atoms with E-state index in [2.05, 4.69) is 26.1 Å². The van der Waals surface area contributed by atoms with Crippen LogP contribution < -0.4 is 11.1 Å². The molecule has 0 aliphatic heterocycles. The van der Waals surface area contributed by atoms with E-state index in [1.165, 1.54) is 0 Å². The highest BCUT2D eigenvalue weighted by Gasteiger charge is 2.18. The summed E-state index contributed by atoms with van der Waals surface area (Å²) in [5.74, 6) is 0.850. The minimum Gasteiger partial charge on any atom is -0.356 e. The van der Waals surface area contributed by atoms with Crippen LogP contribution in [0.15, 0.2) is 0 Å². The number of nitrogens with one attached hydrogen (secondary N) is 1. The van der Waals surface area contributed by atoms with Gasteiger partial charge in [-0.3, -0.25) is 4.79 Å². The Hall–Kier alpha value is -0.900. The molecule has 0 spiro atoms. The molecule has 0 bridgehead atoms. The highest BCUT2D eigenvalue weighted by atomic mass is 16.1. The lowest BCUT2D eigenvalue weighted by Gasteiger charge is -2.25. The third-order valence-corrected chi connectivity index (χ3v) is 3.84. The zero-order chi connectivity index (χ0) is 14.7. The Balaban J connectivity index is 4.29. The first-order chi connectivity index (χ1) is 9.07. The topological polar surface area (TPSA) is 72.2 Å². The Kier molecular flexibility index (Phi) is 10.5. The molecule has 1 amide bonds. The molecule has 4 unspecified atom stereocenters. The molecular formula is C15H30N2O2. The normalized spacial score (nSPS) is 17.3. The molecule has 0 aromatic carbocycles. The molecule has 0 rings (SSSR count). The second-order valence-corrected chi connectivity index (χ2v) is 5.64. The van der Waals surface area contributed by atoms with Gasteiger partial charge in [0.05, 0.1) is 0 Å². The van der Waals surface area contributed by atoms with Crippen molar-refractivity contribution < 1.29 is 9.59 Å². The third kappa shape index (κ3) is 8.76. The van der Waals surface area contributed by atoms with Crippen molar-refractivity contribution in [3.05, 3.63) is 0 Å². The van der Waals surface area contributed by atoms with Gasteiger partial charge in [0, 0.05) is 18.5 Å². The van der Waals surface area contributed by atoms with Crippen LogP contribution in [0.2, 0.25) is 0 Å². The van der Waals surface area contributed by atoms with Crippen LogP contribution in [0.25, 0.3) is 0 Å². The highest BCUT2D eigenvalue weighted by Crippen LogP contribution is 2.21. The molecule has 0 radical (unpaired) electrons. The minimum absolute atomic E-state index is 0.154. The van der Waals surface area contributed by atoms with E-state index >= 15 is 0 Å². The van der Waals surface area contributed by atoms with E-state index in [0.717, 1.165) is 44.8 Å². The summed E-state index contributed by atoms with van der Waals surface area (Å²) in [6, 6.07) is 0.394. The summed E-state index contributed by atoms with van der Waals surface area (Å²) in [5.41, 5.74) is 5.96. The van der Waals surface area contributed by atoms with Crippen LogP contribution in [0, 0.1) is 11.8 Å². The zero-order valence-corrected chi connectivity index (χ0v) is 12.6. The van der Waals surface area contributed by atoms with Crippen LogP contribution in [0.4, 0.5) is 0 Å². The summed E-state index contributed by atoms with van der Waals surface area (Å²) in [6.07, 6.45) is 7.07. The molecule has 4 atom stereocenters. The molecule has 0 aliphatic rings. The predicted molar refractivity (Wildman–Crippen MR) is 78.7 cm³/mol. The molecule has 0 saturated heterocycles. The van der Waals surface area contributed by atoms with E-state index in [0.29, 0.717) is 18.3 Å². The van der Waals surface area contributed by atoms with Gasteiger partial charge in [-0.2, -0.15) is 0 Å². The molecule has 0 heterocycles. The van der Waals surface area contributed by atoms with Gasteiger partial charge in [-0.15, -0.1) is 0 Å². The highest BCUT2D eigenvalue weighted by molar-refractivity contribution is 5.50. The van der Waals surface area contributed by atoms with Gasteiger partial charge in [0.1, 0.15) is 6.29 Å². The molecule has 0 aliphatic carbocycles. The van der Waals surface area contributed by atoms with Crippen molar-refractivity contribution in [2.75, 3.05) is 0 Å². The molecule has 0 fully saturated rings. The zero-order valence-electron chi connectivity index (χ0n) is 12.6. The molecule has 4 heteroatoms. The number of rotatable bonds is 12. The van der Waals surface area contributed by atoms with Crippen molar-refractivity contribution in [1.82, 2.24) is 5.32 Å². The summed E-state index contributed by atoms with van der Waals surface area (Å²) < 4.78 is 0. The first kappa shape index (κ1) is 18.1. The summed E-state index contributed by atoms with van der Waals surface area (Å²) in [5, 5.41) is 2.89. The van der Waals surface area contributed by atoms with Gasteiger partial charge in [-0.25, -0.2) is 0 Å². The number of aldehydes is 1. The first-order valence-electron chi connectivity index (χ1n) is 7.46. The first-order valence-corrected chi connectivity index (χ1v) is 7.46. The molecule has 3 N–H and O–H groups in total. The number of nitrogens with two attached hydrogens (primary N) is 1. The minimum atomic E-state index is 0.154. The summed E-state index contributed by atoms with van der Waals surface area (Å²) in [6.45, 7) is 6.36. The van der Waals surface area contributed by atoms with Crippen LogP contribution in [0.5, 0.6) is 0 Å². The number of hydrogen-bond donors (Lipinski definition) is 2. The van der Waals surface area contributed by atoms with Crippen molar-refractivity contribution in [3.8, 4) is 0 Å². The van der Waals surface area contributed by atoms with Gasteiger partial charge in [-0.05, 0) is 37.5 Å². The SMILES string of the molecule is CCC(N)CC(C)CC(CC(CC)CC=O)NC=O. The number of carbonyl (C=O) groups excluding carboxylic acids is 2. The Morgan fingerprint density at radius 2 is 1.79 bits per heavy atom. The van der Waals surface area contributed by atoms with E-state index in [1.54, 1.807) is 0 Å². The van der Waals surface area contributed by atoms with Crippen molar-refractivity contribution in [2.45, 2.75) is 71.4 Å². The number of amides is 1. The van der Waals surface area contributed by atoms with Crippen LogP contribution in [-0.2, 0) is 9.59 Å². The molecule has 0 saturated carbocycles. The average Bonchev–Trinajstić information content (AvgIpc) is 2.37. The number of hydrogen-bond acceptors (Lipinski definition) is 3. The monoisotopic (exact) mass is 270 g/mol. The van der Waals surface area contributed by atoms with E-state index in [9.17, 15) is 9.59 Å². The summed E-state index contributed by atoms with van der Waals surface area (Å²) >= 11 is 0. The largest absolute Gasteiger partial charge is 0.356 e. The van der Waals surface area contributed by atoms with Gasteiger partial charge >= 0.3 is 0 Å². The maximum absolute atomic E-state index is 10.7. The van der Waals surface area contributed by atoms with Crippen molar-refractivity contribution in [3.63, 3.8) is 0 Å². The Bertz CT molecular complexity index is 246.